The Balaban J connectivity index is 1.03. The summed E-state index contributed by atoms with van der Waals surface area (Å²) in [6.07, 6.45) is 0. The zero-order valence-corrected chi connectivity index (χ0v) is 37.3. The lowest BCUT2D eigenvalue weighted by molar-refractivity contribution is 0.953. The summed E-state index contributed by atoms with van der Waals surface area (Å²) in [5.74, 6) is 1.74. The van der Waals surface area contributed by atoms with Crippen LogP contribution in [0, 0.1) is 0 Å². The normalized spacial score (nSPS) is 11.8. The zero-order chi connectivity index (χ0) is 45.4. The maximum absolute atomic E-state index is 5.58. The lowest BCUT2D eigenvalue weighted by atomic mass is 10.0. The molecule has 0 spiro atoms. The summed E-state index contributed by atoms with van der Waals surface area (Å²) in [6.45, 7) is 0. The van der Waals surface area contributed by atoms with Crippen LogP contribution in [0.2, 0.25) is 0 Å². The van der Waals surface area contributed by atoms with E-state index in [1.165, 1.54) is 27.5 Å². The van der Waals surface area contributed by atoms with Gasteiger partial charge in [0.25, 0.3) is 0 Å². The van der Waals surface area contributed by atoms with Gasteiger partial charge in [0.1, 0.15) is 0 Å². The third-order valence-corrected chi connectivity index (χ3v) is 13.7. The Morgan fingerprint density at radius 1 is 0.232 bits per heavy atom. The Kier molecular flexibility index (Phi) is 8.79. The highest BCUT2D eigenvalue weighted by Gasteiger charge is 2.25. The van der Waals surface area contributed by atoms with E-state index in [0.717, 1.165) is 82.7 Å². The topological polar surface area (TPSA) is 53.5 Å². The first kappa shape index (κ1) is 38.8. The number of hydrogen-bond acceptors (Lipinski definition) is 3. The molecule has 0 amide bonds. The fourth-order valence-electron chi connectivity index (χ4n) is 10.6. The third kappa shape index (κ3) is 6.16. The lowest BCUT2D eigenvalue weighted by Gasteiger charge is -2.15. The average Bonchev–Trinajstić information content (AvgIpc) is 4.08. The monoisotopic (exact) mass is 880 g/mol. The van der Waals surface area contributed by atoms with Crippen LogP contribution in [0.4, 0.5) is 0 Å². The van der Waals surface area contributed by atoms with Crippen LogP contribution in [0.3, 0.4) is 0 Å². The zero-order valence-electron chi connectivity index (χ0n) is 37.3. The second kappa shape index (κ2) is 15.6. The van der Waals surface area contributed by atoms with Crippen molar-refractivity contribution in [1.82, 2.24) is 28.7 Å². The van der Waals surface area contributed by atoms with E-state index in [2.05, 4.69) is 238 Å². The predicted molar refractivity (Wildman–Crippen MR) is 285 cm³/mol. The van der Waals surface area contributed by atoms with Crippen LogP contribution in [-0.2, 0) is 0 Å². The van der Waals surface area contributed by atoms with Gasteiger partial charge in [0, 0.05) is 54.8 Å². The summed E-state index contributed by atoms with van der Waals surface area (Å²) in [7, 11) is 0. The van der Waals surface area contributed by atoms with Crippen LogP contribution >= 0.6 is 0 Å². The van der Waals surface area contributed by atoms with E-state index in [-0.39, 0.29) is 0 Å². The Labute approximate surface area is 397 Å². The second-order valence-corrected chi connectivity index (χ2v) is 17.6. The number of fused-ring (bicyclic) bond motifs is 10. The minimum atomic E-state index is 0.544. The highest BCUT2D eigenvalue weighted by molar-refractivity contribution is 6.24. The first-order chi connectivity index (χ1) is 34.2. The molecule has 0 saturated heterocycles. The quantitative estimate of drug-likeness (QED) is 0.160. The van der Waals surface area contributed by atoms with Gasteiger partial charge in [0.15, 0.2) is 11.6 Å². The molecule has 322 valence electrons. The molecule has 0 aliphatic rings. The fourth-order valence-corrected chi connectivity index (χ4v) is 10.6. The van der Waals surface area contributed by atoms with Gasteiger partial charge in [-0.05, 0) is 70.8 Å². The molecule has 0 atom stereocenters. The van der Waals surface area contributed by atoms with Gasteiger partial charge in [-0.15, -0.1) is 0 Å². The molecule has 0 N–H and O–H groups in total. The average molecular weight is 881 g/mol. The molecule has 10 aromatic carbocycles. The number of aromatic nitrogens is 6. The van der Waals surface area contributed by atoms with Crippen LogP contribution in [0.15, 0.2) is 243 Å². The molecule has 0 unspecified atom stereocenters. The van der Waals surface area contributed by atoms with Crippen molar-refractivity contribution in [3.8, 4) is 62.4 Å². The summed E-state index contributed by atoms with van der Waals surface area (Å²) in [6, 6.07) is 86.2. The molecule has 4 aromatic heterocycles. The molecule has 0 aliphatic carbocycles. The van der Waals surface area contributed by atoms with Gasteiger partial charge in [-0.2, -0.15) is 9.97 Å². The Morgan fingerprint density at radius 2 is 0.623 bits per heavy atom. The van der Waals surface area contributed by atoms with Gasteiger partial charge in [-0.25, -0.2) is 4.98 Å². The van der Waals surface area contributed by atoms with Crippen molar-refractivity contribution in [2.24, 2.45) is 0 Å². The van der Waals surface area contributed by atoms with Crippen LogP contribution in [0.1, 0.15) is 0 Å². The Bertz CT molecular complexity index is 4260. The van der Waals surface area contributed by atoms with Crippen LogP contribution in [0.25, 0.3) is 128 Å². The fraction of sp³-hybridized carbons (Fsp3) is 0. The van der Waals surface area contributed by atoms with E-state index < -0.39 is 0 Å². The van der Waals surface area contributed by atoms with Crippen molar-refractivity contribution in [2.75, 3.05) is 0 Å². The first-order valence-corrected chi connectivity index (χ1v) is 23.4. The maximum Gasteiger partial charge on any atom is 0.238 e. The summed E-state index contributed by atoms with van der Waals surface area (Å²) in [5.41, 5.74) is 15.1. The molecule has 6 nitrogen and oxygen atoms in total. The van der Waals surface area contributed by atoms with Gasteiger partial charge in [0.05, 0.1) is 33.1 Å². The third-order valence-electron chi connectivity index (χ3n) is 13.7. The van der Waals surface area contributed by atoms with E-state index >= 15 is 0 Å². The van der Waals surface area contributed by atoms with E-state index in [9.17, 15) is 0 Å². The molecule has 0 aliphatic heterocycles. The number of rotatable bonds is 7. The SMILES string of the molecule is c1ccc(-c2ccc(-c3ccc(-n4c5ccccc5c5ccc6c7ccccc7n(-c7nc(-c8ccccc8)nc(-c8cccc9c%10ccccc%10n(-c%10ccccc%10)c89)n7)c6c54)cc3)cc2)cc1. The summed E-state index contributed by atoms with van der Waals surface area (Å²) in [4.78, 5) is 16.4. The van der Waals surface area contributed by atoms with Crippen LogP contribution in [-0.4, -0.2) is 28.7 Å². The van der Waals surface area contributed by atoms with Crippen LogP contribution in [0.5, 0.6) is 0 Å². The number of para-hydroxylation sites is 5. The van der Waals surface area contributed by atoms with Gasteiger partial charge in [-0.1, -0.05) is 194 Å². The molecule has 0 radical (unpaired) electrons. The number of benzene rings is 10. The predicted octanol–water partition coefficient (Wildman–Crippen LogP) is 15.8. The number of nitrogens with zero attached hydrogens (tertiary/aromatic N) is 6. The Hall–Kier alpha value is -9.39. The molecule has 14 aromatic rings. The van der Waals surface area contributed by atoms with E-state index in [4.69, 9.17) is 15.0 Å². The molecule has 0 fully saturated rings. The molecule has 69 heavy (non-hydrogen) atoms. The van der Waals surface area contributed by atoms with Crippen molar-refractivity contribution < 1.29 is 0 Å². The minimum Gasteiger partial charge on any atom is -0.309 e. The van der Waals surface area contributed by atoms with Crippen molar-refractivity contribution in [2.45, 2.75) is 0 Å². The number of hydrogen-bond donors (Lipinski definition) is 0. The summed E-state index contributed by atoms with van der Waals surface area (Å²) >= 11 is 0. The summed E-state index contributed by atoms with van der Waals surface area (Å²) in [5, 5.41) is 6.86. The van der Waals surface area contributed by atoms with Gasteiger partial charge in [0.2, 0.25) is 5.95 Å². The van der Waals surface area contributed by atoms with Gasteiger partial charge < -0.3 is 9.13 Å². The highest BCUT2D eigenvalue weighted by Crippen LogP contribution is 2.43. The molecule has 0 bridgehead atoms. The molecule has 6 heteroatoms. The van der Waals surface area contributed by atoms with E-state index in [1.807, 2.05) is 18.2 Å². The smallest absolute Gasteiger partial charge is 0.238 e. The molecule has 0 saturated carbocycles. The van der Waals surface area contributed by atoms with Gasteiger partial charge >= 0.3 is 0 Å². The molecular weight excluding hydrogens is 841 g/mol. The van der Waals surface area contributed by atoms with Crippen molar-refractivity contribution in [1.29, 1.82) is 0 Å². The standard InChI is InChI=1S/C63H40N6/c1-4-17-41(18-5-1)42-31-33-43(34-32-42)44-35-37-47(38-36-44)68-56-29-14-11-24-49(56)52-39-40-53-50-25-12-15-30-57(50)69(60(53)59(52)68)63-65-61(45-19-6-2-7-20-45)64-62(66-63)54-27-16-26-51-48-23-10-13-28-55(48)67(58(51)54)46-21-8-3-9-22-46/h1-40H. The Morgan fingerprint density at radius 3 is 1.20 bits per heavy atom. The highest BCUT2D eigenvalue weighted by atomic mass is 15.2. The first-order valence-electron chi connectivity index (χ1n) is 23.4. The van der Waals surface area contributed by atoms with Crippen molar-refractivity contribution in [3.63, 3.8) is 0 Å². The van der Waals surface area contributed by atoms with Gasteiger partial charge in [-0.3, -0.25) is 4.57 Å². The van der Waals surface area contributed by atoms with Crippen molar-refractivity contribution in [3.05, 3.63) is 243 Å². The lowest BCUT2D eigenvalue weighted by Crippen LogP contribution is -2.08. The minimum absolute atomic E-state index is 0.544. The summed E-state index contributed by atoms with van der Waals surface area (Å²) < 4.78 is 7.04. The van der Waals surface area contributed by atoms with E-state index in [1.54, 1.807) is 0 Å². The second-order valence-electron chi connectivity index (χ2n) is 17.6. The molecular formula is C63H40N6. The largest absolute Gasteiger partial charge is 0.309 e. The molecule has 14 rings (SSSR count). The van der Waals surface area contributed by atoms with Crippen LogP contribution < -0.4 is 0 Å². The van der Waals surface area contributed by atoms with E-state index in [0.29, 0.717) is 17.6 Å². The molecule has 4 heterocycles. The van der Waals surface area contributed by atoms with Crippen molar-refractivity contribution >= 4 is 65.4 Å². The maximum atomic E-state index is 5.58.